The van der Waals surface area contributed by atoms with Crippen LogP contribution in [0.2, 0.25) is 0 Å². The Morgan fingerprint density at radius 2 is 2.33 bits per heavy atom. The summed E-state index contributed by atoms with van der Waals surface area (Å²) in [5.74, 6) is -0.443. The van der Waals surface area contributed by atoms with Crippen LogP contribution in [0.25, 0.3) is 0 Å². The van der Waals surface area contributed by atoms with Gasteiger partial charge in [-0.1, -0.05) is 13.3 Å². The van der Waals surface area contributed by atoms with Gasteiger partial charge in [-0.15, -0.1) is 12.6 Å². The lowest BCUT2D eigenvalue weighted by Gasteiger charge is -2.04. The molecule has 0 radical (unpaired) electrons. The van der Waals surface area contributed by atoms with Gasteiger partial charge in [0, 0.05) is 11.1 Å². The Labute approximate surface area is 95.3 Å². The maximum atomic E-state index is 11.2. The lowest BCUT2D eigenvalue weighted by Crippen LogP contribution is -2.06. The maximum absolute atomic E-state index is 11.2. The molecule has 0 amide bonds. The van der Waals surface area contributed by atoms with Gasteiger partial charge in [-0.2, -0.15) is 0 Å². The summed E-state index contributed by atoms with van der Waals surface area (Å²) < 4.78 is 4.59. The number of hydrogen-bond donors (Lipinski definition) is 1. The standard InChI is InChI=1S/C11H15NO2S/c1-3-4-5-8-6-9(15)10(12-7-8)11(13)14-2/h6-7,15H,3-5H2,1-2H3. The van der Waals surface area contributed by atoms with Crippen molar-refractivity contribution in [2.24, 2.45) is 0 Å². The molecule has 3 nitrogen and oxygen atoms in total. The molecular formula is C11H15NO2S. The van der Waals surface area contributed by atoms with Gasteiger partial charge in [0.25, 0.3) is 0 Å². The first-order valence-corrected chi connectivity index (χ1v) is 5.40. The summed E-state index contributed by atoms with van der Waals surface area (Å²) in [7, 11) is 1.34. The predicted octanol–water partition coefficient (Wildman–Crippen LogP) is 2.50. The van der Waals surface area contributed by atoms with Gasteiger partial charge in [-0.3, -0.25) is 0 Å². The first-order valence-electron chi connectivity index (χ1n) is 4.95. The summed E-state index contributed by atoms with van der Waals surface area (Å²) >= 11 is 4.22. The zero-order valence-corrected chi connectivity index (χ0v) is 9.88. The number of pyridine rings is 1. The second kappa shape index (κ2) is 5.75. The molecule has 1 rings (SSSR count). The van der Waals surface area contributed by atoms with Crippen LogP contribution in [0.3, 0.4) is 0 Å². The van der Waals surface area contributed by atoms with E-state index < -0.39 is 5.97 Å². The van der Waals surface area contributed by atoms with Crippen molar-refractivity contribution in [1.29, 1.82) is 0 Å². The number of aromatic nitrogens is 1. The van der Waals surface area contributed by atoms with E-state index in [9.17, 15) is 4.79 Å². The van der Waals surface area contributed by atoms with E-state index in [1.54, 1.807) is 6.20 Å². The minimum Gasteiger partial charge on any atom is -0.464 e. The molecule has 4 heteroatoms. The van der Waals surface area contributed by atoms with E-state index in [2.05, 4.69) is 29.3 Å². The topological polar surface area (TPSA) is 39.2 Å². The Morgan fingerprint density at radius 3 is 2.87 bits per heavy atom. The number of hydrogen-bond acceptors (Lipinski definition) is 4. The molecule has 0 aliphatic rings. The van der Waals surface area contributed by atoms with Crippen molar-refractivity contribution in [2.75, 3.05) is 7.11 Å². The molecule has 0 aromatic carbocycles. The van der Waals surface area contributed by atoms with Gasteiger partial charge < -0.3 is 4.74 Å². The molecule has 1 aromatic rings. The lowest BCUT2D eigenvalue weighted by molar-refractivity contribution is 0.0589. The number of aryl methyl sites for hydroxylation is 1. The number of thiol groups is 1. The molecule has 0 fully saturated rings. The van der Waals surface area contributed by atoms with Gasteiger partial charge >= 0.3 is 5.97 Å². The predicted molar refractivity (Wildman–Crippen MR) is 61.4 cm³/mol. The summed E-state index contributed by atoms with van der Waals surface area (Å²) in [6, 6.07) is 1.87. The summed E-state index contributed by atoms with van der Waals surface area (Å²) in [5, 5.41) is 0. The van der Waals surface area contributed by atoms with Crippen LogP contribution >= 0.6 is 12.6 Å². The van der Waals surface area contributed by atoms with Gasteiger partial charge in [0.1, 0.15) is 0 Å². The average Bonchev–Trinajstić information content (AvgIpc) is 2.25. The first kappa shape index (κ1) is 12.0. The first-order chi connectivity index (χ1) is 7.19. The van der Waals surface area contributed by atoms with Crippen molar-refractivity contribution in [3.8, 4) is 0 Å². The third-order valence-corrected chi connectivity index (χ3v) is 2.46. The van der Waals surface area contributed by atoms with E-state index in [1.807, 2.05) is 6.07 Å². The van der Waals surface area contributed by atoms with Gasteiger partial charge in [0.2, 0.25) is 0 Å². The number of esters is 1. The van der Waals surface area contributed by atoms with Crippen LogP contribution in [0.5, 0.6) is 0 Å². The Bertz CT molecular complexity index is 352. The third kappa shape index (κ3) is 3.23. The molecular weight excluding hydrogens is 210 g/mol. The largest absolute Gasteiger partial charge is 0.464 e. The summed E-state index contributed by atoms with van der Waals surface area (Å²) in [6.45, 7) is 2.14. The quantitative estimate of drug-likeness (QED) is 0.632. The van der Waals surface area contributed by atoms with E-state index >= 15 is 0 Å². The fourth-order valence-corrected chi connectivity index (χ4v) is 1.58. The molecule has 0 spiro atoms. The molecule has 0 aliphatic carbocycles. The molecule has 0 unspecified atom stereocenters. The smallest absolute Gasteiger partial charge is 0.357 e. The van der Waals surface area contributed by atoms with Gasteiger partial charge in [0.15, 0.2) is 5.69 Å². The minimum absolute atomic E-state index is 0.279. The molecule has 82 valence electrons. The fraction of sp³-hybridized carbons (Fsp3) is 0.455. The summed E-state index contributed by atoms with van der Waals surface area (Å²) in [5.41, 5.74) is 1.38. The zero-order valence-electron chi connectivity index (χ0n) is 8.99. The second-order valence-corrected chi connectivity index (χ2v) is 3.79. The van der Waals surface area contributed by atoms with Crippen molar-refractivity contribution in [1.82, 2.24) is 4.98 Å². The highest BCUT2D eigenvalue weighted by molar-refractivity contribution is 7.80. The highest BCUT2D eigenvalue weighted by Crippen LogP contribution is 2.15. The monoisotopic (exact) mass is 225 g/mol. The molecule has 0 saturated heterocycles. The number of nitrogens with zero attached hydrogens (tertiary/aromatic N) is 1. The van der Waals surface area contributed by atoms with E-state index in [0.29, 0.717) is 4.90 Å². The van der Waals surface area contributed by atoms with E-state index in [-0.39, 0.29) is 5.69 Å². The van der Waals surface area contributed by atoms with E-state index in [1.165, 1.54) is 7.11 Å². The molecule has 0 bridgehead atoms. The van der Waals surface area contributed by atoms with Crippen molar-refractivity contribution in [3.63, 3.8) is 0 Å². The highest BCUT2D eigenvalue weighted by atomic mass is 32.1. The number of rotatable bonds is 4. The average molecular weight is 225 g/mol. The van der Waals surface area contributed by atoms with Crippen LogP contribution in [0.4, 0.5) is 0 Å². The summed E-state index contributed by atoms with van der Waals surface area (Å²) in [6.07, 6.45) is 4.94. The van der Waals surface area contributed by atoms with Crippen LogP contribution in [-0.4, -0.2) is 18.1 Å². The Balaban J connectivity index is 2.83. The van der Waals surface area contributed by atoms with Crippen LogP contribution < -0.4 is 0 Å². The number of carbonyl (C=O) groups is 1. The van der Waals surface area contributed by atoms with Crippen molar-refractivity contribution in [2.45, 2.75) is 31.1 Å². The molecule has 0 aliphatic heterocycles. The molecule has 15 heavy (non-hydrogen) atoms. The number of unbranched alkanes of at least 4 members (excludes halogenated alkanes) is 1. The van der Waals surface area contributed by atoms with Crippen LogP contribution in [0, 0.1) is 0 Å². The third-order valence-electron chi connectivity index (χ3n) is 2.12. The van der Waals surface area contributed by atoms with Gasteiger partial charge in [-0.05, 0) is 24.5 Å². The van der Waals surface area contributed by atoms with E-state index in [4.69, 9.17) is 0 Å². The Morgan fingerprint density at radius 1 is 1.60 bits per heavy atom. The second-order valence-electron chi connectivity index (χ2n) is 3.31. The van der Waals surface area contributed by atoms with Crippen molar-refractivity contribution >= 4 is 18.6 Å². The molecule has 0 atom stereocenters. The van der Waals surface area contributed by atoms with Gasteiger partial charge in [-0.25, -0.2) is 9.78 Å². The van der Waals surface area contributed by atoms with E-state index in [0.717, 1.165) is 24.8 Å². The normalized spacial score (nSPS) is 10.1. The summed E-state index contributed by atoms with van der Waals surface area (Å²) in [4.78, 5) is 15.9. The molecule has 0 saturated carbocycles. The van der Waals surface area contributed by atoms with Crippen LogP contribution in [0.15, 0.2) is 17.2 Å². The fourth-order valence-electron chi connectivity index (χ4n) is 1.27. The Hall–Kier alpha value is -1.03. The molecule has 1 aromatic heterocycles. The molecule has 0 N–H and O–H groups in total. The highest BCUT2D eigenvalue weighted by Gasteiger charge is 2.11. The van der Waals surface area contributed by atoms with Crippen LogP contribution in [0.1, 0.15) is 35.8 Å². The molecule has 1 heterocycles. The lowest BCUT2D eigenvalue weighted by atomic mass is 10.1. The minimum atomic E-state index is -0.443. The van der Waals surface area contributed by atoms with Crippen LogP contribution in [-0.2, 0) is 11.2 Å². The SMILES string of the molecule is CCCCc1cnc(C(=O)OC)c(S)c1. The zero-order chi connectivity index (χ0) is 11.3. The Kier molecular flexibility index (Phi) is 4.62. The van der Waals surface area contributed by atoms with Gasteiger partial charge in [0.05, 0.1) is 7.11 Å². The number of methoxy groups -OCH3 is 1. The maximum Gasteiger partial charge on any atom is 0.357 e. The van der Waals surface area contributed by atoms with Crippen molar-refractivity contribution < 1.29 is 9.53 Å². The number of ether oxygens (including phenoxy) is 1. The van der Waals surface area contributed by atoms with Crippen molar-refractivity contribution in [3.05, 3.63) is 23.5 Å². The number of carbonyl (C=O) groups excluding carboxylic acids is 1.